The van der Waals surface area contributed by atoms with Gasteiger partial charge in [0.2, 0.25) is 0 Å². The van der Waals surface area contributed by atoms with E-state index in [4.69, 9.17) is 5.26 Å². The fourth-order valence-corrected chi connectivity index (χ4v) is 2.24. The molecular formula is C11H20N4S. The lowest BCUT2D eigenvalue weighted by molar-refractivity contribution is 0.178. The molecule has 0 spiro atoms. The Balaban J connectivity index is 2.37. The van der Waals surface area contributed by atoms with E-state index in [1.165, 1.54) is 44.1 Å². The molecule has 90 valence electrons. The molecule has 1 aliphatic rings. The van der Waals surface area contributed by atoms with Gasteiger partial charge < -0.3 is 0 Å². The minimum Gasteiger partial charge on any atom is -0.299 e. The summed E-state index contributed by atoms with van der Waals surface area (Å²) in [4.78, 5) is 6.89. The average molecular weight is 240 g/mol. The van der Waals surface area contributed by atoms with E-state index in [-0.39, 0.29) is 0 Å². The second kappa shape index (κ2) is 7.53. The molecule has 0 radical (unpaired) electrons. The molecule has 16 heavy (non-hydrogen) atoms. The first kappa shape index (κ1) is 13.3. The van der Waals surface area contributed by atoms with Crippen LogP contribution < -0.4 is 5.32 Å². The van der Waals surface area contributed by atoms with Crippen LogP contribution in [0.15, 0.2) is 4.99 Å². The Bertz CT molecular complexity index is 266. The molecule has 1 saturated heterocycles. The van der Waals surface area contributed by atoms with Crippen molar-refractivity contribution in [3.8, 4) is 6.19 Å². The summed E-state index contributed by atoms with van der Waals surface area (Å²) in [6.45, 7) is 5.36. The van der Waals surface area contributed by atoms with E-state index in [9.17, 15) is 0 Å². The Morgan fingerprint density at radius 1 is 1.50 bits per heavy atom. The molecule has 0 saturated carbocycles. The van der Waals surface area contributed by atoms with Gasteiger partial charge in [0, 0.05) is 6.04 Å². The lowest BCUT2D eigenvalue weighted by atomic mass is 10.1. The number of thioether (sulfide) groups is 1. The van der Waals surface area contributed by atoms with Gasteiger partial charge in [0.1, 0.15) is 0 Å². The molecule has 0 aliphatic carbocycles. The summed E-state index contributed by atoms with van der Waals surface area (Å²) < 4.78 is 0. The smallest absolute Gasteiger partial charge is 0.183 e. The molecule has 1 heterocycles. The largest absolute Gasteiger partial charge is 0.299 e. The summed E-state index contributed by atoms with van der Waals surface area (Å²) in [5.74, 6) is 0. The van der Waals surface area contributed by atoms with Crippen molar-refractivity contribution >= 4 is 16.9 Å². The van der Waals surface area contributed by atoms with Crippen LogP contribution in [0.2, 0.25) is 0 Å². The maximum absolute atomic E-state index is 8.52. The third kappa shape index (κ3) is 4.42. The summed E-state index contributed by atoms with van der Waals surface area (Å²) in [6.07, 6.45) is 7.80. The molecule has 0 aromatic carbocycles. The van der Waals surface area contributed by atoms with Gasteiger partial charge in [-0.3, -0.25) is 15.2 Å². The van der Waals surface area contributed by atoms with Crippen molar-refractivity contribution in [2.24, 2.45) is 4.99 Å². The fraction of sp³-hybridized carbons (Fsp3) is 0.818. The molecule has 5 heteroatoms. The number of piperidine rings is 1. The van der Waals surface area contributed by atoms with Gasteiger partial charge in [-0.15, -0.1) is 0 Å². The summed E-state index contributed by atoms with van der Waals surface area (Å²) in [5.41, 5.74) is 0. The molecule has 1 fully saturated rings. The van der Waals surface area contributed by atoms with Crippen LogP contribution in [-0.4, -0.2) is 42.0 Å². The van der Waals surface area contributed by atoms with E-state index < -0.39 is 0 Å². The molecule has 0 aromatic rings. The van der Waals surface area contributed by atoms with Crippen molar-refractivity contribution in [1.82, 2.24) is 10.2 Å². The monoisotopic (exact) mass is 240 g/mol. The van der Waals surface area contributed by atoms with Crippen molar-refractivity contribution in [1.29, 1.82) is 5.26 Å². The molecule has 1 N–H and O–H groups in total. The van der Waals surface area contributed by atoms with E-state index in [1.807, 2.05) is 12.4 Å². The second-order valence-electron chi connectivity index (χ2n) is 4.03. The summed E-state index contributed by atoms with van der Waals surface area (Å²) in [6, 6.07) is 0.475. The normalized spacial score (nSPS) is 20.2. The quantitative estimate of drug-likeness (QED) is 0.353. The third-order valence-electron chi connectivity index (χ3n) is 2.87. The van der Waals surface area contributed by atoms with Crippen molar-refractivity contribution < 1.29 is 0 Å². The van der Waals surface area contributed by atoms with E-state index in [1.54, 1.807) is 0 Å². The van der Waals surface area contributed by atoms with Crippen molar-refractivity contribution in [2.75, 3.05) is 25.9 Å². The van der Waals surface area contributed by atoms with Gasteiger partial charge in [-0.25, -0.2) is 0 Å². The molecule has 0 bridgehead atoms. The second-order valence-corrected chi connectivity index (χ2v) is 4.83. The van der Waals surface area contributed by atoms with Crippen molar-refractivity contribution in [3.63, 3.8) is 0 Å². The number of nitriles is 1. The van der Waals surface area contributed by atoms with Gasteiger partial charge in [0.05, 0.1) is 6.54 Å². The number of aliphatic imine (C=N–C) groups is 1. The molecule has 0 amide bonds. The predicted octanol–water partition coefficient (Wildman–Crippen LogP) is 1.65. The van der Waals surface area contributed by atoms with Crippen LogP contribution in [0.5, 0.6) is 0 Å². The number of rotatable bonds is 3. The van der Waals surface area contributed by atoms with Gasteiger partial charge in [0.15, 0.2) is 11.4 Å². The lowest BCUT2D eigenvalue weighted by Gasteiger charge is -2.31. The minimum absolute atomic E-state index is 0.475. The molecule has 1 aliphatic heterocycles. The standard InChI is InChI=1S/C11H20N4S/c1-10(15-6-4-3-5-7-15)8-13-11(16-2)14-9-12/h10H,3-8H2,1-2H3,(H,13,14). The molecule has 4 nitrogen and oxygen atoms in total. The first-order valence-corrected chi connectivity index (χ1v) is 6.98. The van der Waals surface area contributed by atoms with Crippen LogP contribution in [0.1, 0.15) is 26.2 Å². The zero-order valence-electron chi connectivity index (χ0n) is 10.1. The number of likely N-dealkylation sites (tertiary alicyclic amines) is 1. The molecule has 0 aromatic heterocycles. The first-order chi connectivity index (χ1) is 7.77. The van der Waals surface area contributed by atoms with E-state index in [0.29, 0.717) is 11.2 Å². The number of hydrogen-bond acceptors (Lipinski definition) is 4. The average Bonchev–Trinajstić information content (AvgIpc) is 2.35. The van der Waals surface area contributed by atoms with E-state index in [2.05, 4.69) is 22.1 Å². The molecule has 1 unspecified atom stereocenters. The number of amidine groups is 1. The van der Waals surface area contributed by atoms with Gasteiger partial charge in [-0.05, 0) is 39.1 Å². The highest BCUT2D eigenvalue weighted by Crippen LogP contribution is 2.12. The van der Waals surface area contributed by atoms with Crippen LogP contribution in [0, 0.1) is 11.5 Å². The Morgan fingerprint density at radius 2 is 2.19 bits per heavy atom. The highest BCUT2D eigenvalue weighted by Gasteiger charge is 2.16. The highest BCUT2D eigenvalue weighted by atomic mass is 32.2. The molecular weight excluding hydrogens is 220 g/mol. The maximum atomic E-state index is 8.52. The zero-order chi connectivity index (χ0) is 11.8. The maximum Gasteiger partial charge on any atom is 0.183 e. The van der Waals surface area contributed by atoms with Crippen LogP contribution in [0.4, 0.5) is 0 Å². The third-order valence-corrected chi connectivity index (χ3v) is 3.49. The number of nitrogens with one attached hydrogen (secondary N) is 1. The summed E-state index contributed by atoms with van der Waals surface area (Å²) >= 11 is 1.48. The fourth-order valence-electron chi connectivity index (χ4n) is 1.89. The van der Waals surface area contributed by atoms with Crippen LogP contribution >= 0.6 is 11.8 Å². The van der Waals surface area contributed by atoms with Crippen LogP contribution in [-0.2, 0) is 0 Å². The Morgan fingerprint density at radius 3 is 2.75 bits per heavy atom. The molecule has 1 rings (SSSR count). The van der Waals surface area contributed by atoms with Crippen molar-refractivity contribution in [3.05, 3.63) is 0 Å². The summed E-state index contributed by atoms with van der Waals surface area (Å²) in [7, 11) is 0. The van der Waals surface area contributed by atoms with Crippen molar-refractivity contribution in [2.45, 2.75) is 32.2 Å². The van der Waals surface area contributed by atoms with Gasteiger partial charge in [0.25, 0.3) is 0 Å². The molecule has 1 atom stereocenters. The van der Waals surface area contributed by atoms with Gasteiger partial charge >= 0.3 is 0 Å². The van der Waals surface area contributed by atoms with Crippen LogP contribution in [0.3, 0.4) is 0 Å². The van der Waals surface area contributed by atoms with Gasteiger partial charge in [-0.1, -0.05) is 18.2 Å². The van der Waals surface area contributed by atoms with E-state index in [0.717, 1.165) is 6.54 Å². The summed E-state index contributed by atoms with van der Waals surface area (Å²) in [5, 5.41) is 11.8. The Kier molecular flexibility index (Phi) is 6.27. The first-order valence-electron chi connectivity index (χ1n) is 5.75. The topological polar surface area (TPSA) is 51.4 Å². The Hall–Kier alpha value is -0.730. The predicted molar refractivity (Wildman–Crippen MR) is 69.5 cm³/mol. The number of nitrogens with zero attached hydrogens (tertiary/aromatic N) is 3. The minimum atomic E-state index is 0.475. The lowest BCUT2D eigenvalue weighted by Crippen LogP contribution is -2.39. The Labute approximate surface area is 102 Å². The van der Waals surface area contributed by atoms with Gasteiger partial charge in [-0.2, -0.15) is 5.26 Å². The van der Waals surface area contributed by atoms with E-state index >= 15 is 0 Å². The zero-order valence-corrected chi connectivity index (χ0v) is 10.9. The number of hydrogen-bond donors (Lipinski definition) is 1. The SMILES string of the molecule is CSC(=NCC(C)N1CCCCC1)NC#N. The highest BCUT2D eigenvalue weighted by molar-refractivity contribution is 8.13. The van der Waals surface area contributed by atoms with Crippen LogP contribution in [0.25, 0.3) is 0 Å².